The van der Waals surface area contributed by atoms with Gasteiger partial charge in [-0.1, -0.05) is 38.1 Å². The van der Waals surface area contributed by atoms with Crippen LogP contribution in [0.4, 0.5) is 0 Å². The van der Waals surface area contributed by atoms with Gasteiger partial charge in [-0.25, -0.2) is 0 Å². The number of phenols is 1. The van der Waals surface area contributed by atoms with Crippen molar-refractivity contribution in [3.63, 3.8) is 0 Å². The second-order valence-corrected chi connectivity index (χ2v) is 6.19. The molecule has 2 heterocycles. The highest BCUT2D eigenvalue weighted by Crippen LogP contribution is 2.31. The SMILES string of the molecule is CC.CC(=O)N1CC(c2ccc3cc(-c4ccccc4O)nnc3c2)C1. The molecule has 0 aliphatic carbocycles. The lowest BCUT2D eigenvalue weighted by atomic mass is 9.90. The average molecular weight is 349 g/mol. The molecule has 1 saturated heterocycles. The van der Waals surface area contributed by atoms with E-state index in [1.165, 1.54) is 5.56 Å². The number of rotatable bonds is 2. The number of hydrogen-bond donors (Lipinski definition) is 1. The predicted molar refractivity (Wildman–Crippen MR) is 103 cm³/mol. The van der Waals surface area contributed by atoms with Gasteiger partial charge in [-0.2, -0.15) is 0 Å². The molecule has 0 unspecified atom stereocenters. The molecule has 0 atom stereocenters. The first-order valence-corrected chi connectivity index (χ1v) is 8.93. The molecular weight excluding hydrogens is 326 g/mol. The second kappa shape index (κ2) is 7.52. The Bertz CT molecular complexity index is 933. The van der Waals surface area contributed by atoms with Crippen LogP contribution in [0.3, 0.4) is 0 Å². The first-order valence-electron chi connectivity index (χ1n) is 8.93. The van der Waals surface area contributed by atoms with Crippen molar-refractivity contribution in [1.82, 2.24) is 15.1 Å². The van der Waals surface area contributed by atoms with Crippen LogP contribution in [0, 0.1) is 0 Å². The standard InChI is InChI=1S/C19H17N3O2.C2H6/c1-12(23)22-10-15(11-22)13-6-7-14-9-18(21-20-17(14)8-13)16-4-2-3-5-19(16)24;1-2/h2-9,15,24H,10-11H2,1H3;1-2H3. The summed E-state index contributed by atoms with van der Waals surface area (Å²) in [5.74, 6) is 0.693. The summed E-state index contributed by atoms with van der Waals surface area (Å²) < 4.78 is 0. The smallest absolute Gasteiger partial charge is 0.219 e. The van der Waals surface area contributed by atoms with E-state index in [4.69, 9.17) is 0 Å². The van der Waals surface area contributed by atoms with Gasteiger partial charge in [0.05, 0.1) is 11.2 Å². The summed E-state index contributed by atoms with van der Waals surface area (Å²) in [6, 6.07) is 15.2. The number of benzene rings is 2. The minimum atomic E-state index is 0.124. The van der Waals surface area contributed by atoms with Gasteiger partial charge in [0, 0.05) is 36.9 Å². The molecule has 0 radical (unpaired) electrons. The number of fused-ring (bicyclic) bond motifs is 1. The van der Waals surface area contributed by atoms with E-state index in [0.717, 1.165) is 24.0 Å². The normalized spacial score (nSPS) is 13.7. The zero-order valence-electron chi connectivity index (χ0n) is 15.3. The maximum atomic E-state index is 11.3. The van der Waals surface area contributed by atoms with E-state index >= 15 is 0 Å². The van der Waals surface area contributed by atoms with E-state index in [1.54, 1.807) is 19.1 Å². The van der Waals surface area contributed by atoms with Crippen molar-refractivity contribution in [1.29, 1.82) is 0 Å². The van der Waals surface area contributed by atoms with Crippen molar-refractivity contribution >= 4 is 16.8 Å². The van der Waals surface area contributed by atoms with Crippen LogP contribution >= 0.6 is 0 Å². The molecule has 26 heavy (non-hydrogen) atoms. The Labute approximate surface area is 153 Å². The lowest BCUT2D eigenvalue weighted by Crippen LogP contribution is -2.47. The molecule has 3 aromatic rings. The summed E-state index contributed by atoms with van der Waals surface area (Å²) in [5, 5.41) is 19.5. The van der Waals surface area contributed by atoms with Crippen molar-refractivity contribution in [2.75, 3.05) is 13.1 Å². The minimum Gasteiger partial charge on any atom is -0.507 e. The molecule has 1 fully saturated rings. The molecule has 1 amide bonds. The summed E-state index contributed by atoms with van der Waals surface area (Å²) in [6.07, 6.45) is 0. The van der Waals surface area contributed by atoms with Crippen LogP contribution in [0.25, 0.3) is 22.2 Å². The number of carbonyl (C=O) groups is 1. The summed E-state index contributed by atoms with van der Waals surface area (Å²) in [4.78, 5) is 13.1. The van der Waals surface area contributed by atoms with Crippen LogP contribution in [-0.4, -0.2) is 39.2 Å². The molecule has 1 aliphatic rings. The number of amides is 1. The Morgan fingerprint density at radius 2 is 1.81 bits per heavy atom. The monoisotopic (exact) mass is 349 g/mol. The summed E-state index contributed by atoms with van der Waals surface area (Å²) in [5.41, 5.74) is 3.34. The number of likely N-dealkylation sites (tertiary alicyclic amines) is 1. The van der Waals surface area contributed by atoms with E-state index in [9.17, 15) is 9.90 Å². The molecule has 5 heteroatoms. The Balaban J connectivity index is 0.000000948. The molecule has 0 spiro atoms. The van der Waals surface area contributed by atoms with Gasteiger partial charge in [-0.05, 0) is 29.8 Å². The maximum absolute atomic E-state index is 11.3. The third-order valence-electron chi connectivity index (χ3n) is 4.59. The number of nitrogens with zero attached hydrogens (tertiary/aromatic N) is 3. The number of phenolic OH excluding ortho intramolecular Hbond substituents is 1. The fourth-order valence-electron chi connectivity index (χ4n) is 3.08. The number of para-hydroxylation sites is 1. The zero-order chi connectivity index (χ0) is 18.7. The third-order valence-corrected chi connectivity index (χ3v) is 4.59. The Hall–Kier alpha value is -2.95. The van der Waals surface area contributed by atoms with Crippen molar-refractivity contribution < 1.29 is 9.90 Å². The average Bonchev–Trinajstić information content (AvgIpc) is 2.62. The van der Waals surface area contributed by atoms with Crippen molar-refractivity contribution in [2.24, 2.45) is 0 Å². The molecule has 4 rings (SSSR count). The quantitative estimate of drug-likeness (QED) is 0.760. The number of hydrogen-bond acceptors (Lipinski definition) is 4. The summed E-state index contributed by atoms with van der Waals surface area (Å²) in [6.45, 7) is 7.14. The van der Waals surface area contributed by atoms with Gasteiger partial charge >= 0.3 is 0 Å². The molecule has 2 aromatic carbocycles. The van der Waals surface area contributed by atoms with Gasteiger partial charge in [0.15, 0.2) is 0 Å². The maximum Gasteiger partial charge on any atom is 0.219 e. The predicted octanol–water partition coefficient (Wildman–Crippen LogP) is 3.97. The topological polar surface area (TPSA) is 66.3 Å². The van der Waals surface area contributed by atoms with E-state index in [-0.39, 0.29) is 11.7 Å². The van der Waals surface area contributed by atoms with Crippen LogP contribution in [0.5, 0.6) is 5.75 Å². The van der Waals surface area contributed by atoms with Crippen LogP contribution in [0.2, 0.25) is 0 Å². The van der Waals surface area contributed by atoms with E-state index in [2.05, 4.69) is 16.3 Å². The summed E-state index contributed by atoms with van der Waals surface area (Å²) >= 11 is 0. The Morgan fingerprint density at radius 3 is 2.50 bits per heavy atom. The molecule has 1 N–H and O–H groups in total. The van der Waals surface area contributed by atoms with Crippen LogP contribution in [0.15, 0.2) is 48.5 Å². The van der Waals surface area contributed by atoms with Gasteiger partial charge in [0.2, 0.25) is 5.91 Å². The molecule has 1 aromatic heterocycles. The molecule has 1 aliphatic heterocycles. The minimum absolute atomic E-state index is 0.124. The van der Waals surface area contributed by atoms with Gasteiger partial charge in [0.25, 0.3) is 0 Å². The van der Waals surface area contributed by atoms with Gasteiger partial charge < -0.3 is 10.0 Å². The molecular formula is C21H23N3O2. The lowest BCUT2D eigenvalue weighted by Gasteiger charge is -2.39. The Morgan fingerprint density at radius 1 is 1.08 bits per heavy atom. The number of aromatic hydroxyl groups is 1. The van der Waals surface area contributed by atoms with Crippen molar-refractivity contribution in [3.8, 4) is 17.0 Å². The highest BCUT2D eigenvalue weighted by atomic mass is 16.3. The number of aromatic nitrogens is 2. The highest BCUT2D eigenvalue weighted by Gasteiger charge is 2.29. The van der Waals surface area contributed by atoms with Crippen molar-refractivity contribution in [2.45, 2.75) is 26.7 Å². The first-order chi connectivity index (χ1) is 12.6. The molecule has 134 valence electrons. The largest absolute Gasteiger partial charge is 0.507 e. The van der Waals surface area contributed by atoms with Gasteiger partial charge in [0.1, 0.15) is 5.75 Å². The van der Waals surface area contributed by atoms with Gasteiger partial charge in [-0.15, -0.1) is 10.2 Å². The molecule has 0 saturated carbocycles. The molecule has 5 nitrogen and oxygen atoms in total. The highest BCUT2D eigenvalue weighted by molar-refractivity contribution is 5.83. The van der Waals surface area contributed by atoms with Crippen LogP contribution < -0.4 is 0 Å². The van der Waals surface area contributed by atoms with Gasteiger partial charge in [-0.3, -0.25) is 4.79 Å². The van der Waals surface area contributed by atoms with Crippen LogP contribution in [-0.2, 0) is 4.79 Å². The fraction of sp³-hybridized carbons (Fsp3) is 0.286. The summed E-state index contributed by atoms with van der Waals surface area (Å²) in [7, 11) is 0. The second-order valence-electron chi connectivity index (χ2n) is 6.19. The Kier molecular flexibility index (Phi) is 5.16. The van der Waals surface area contributed by atoms with Crippen molar-refractivity contribution in [3.05, 3.63) is 54.1 Å². The zero-order valence-corrected chi connectivity index (χ0v) is 15.3. The van der Waals surface area contributed by atoms with E-state index in [1.807, 2.05) is 49.1 Å². The third kappa shape index (κ3) is 3.38. The van der Waals surface area contributed by atoms with Crippen LogP contribution in [0.1, 0.15) is 32.3 Å². The van der Waals surface area contributed by atoms with E-state index < -0.39 is 0 Å². The van der Waals surface area contributed by atoms with E-state index in [0.29, 0.717) is 17.2 Å². The lowest BCUT2D eigenvalue weighted by molar-refractivity contribution is -0.133. The molecule has 0 bridgehead atoms. The number of carbonyl (C=O) groups excluding carboxylic acids is 1. The first kappa shape index (κ1) is 17.9. The fourth-order valence-corrected chi connectivity index (χ4v) is 3.08.